The SMILES string of the molecule is Cc1ccc(NC(=S)NC2CCCCCCC2)c(C)c1. The minimum atomic E-state index is 0.543. The van der Waals surface area contributed by atoms with Crippen LogP contribution in [-0.2, 0) is 0 Å². The molecule has 1 aromatic carbocycles. The van der Waals surface area contributed by atoms with Crippen molar-refractivity contribution in [2.24, 2.45) is 0 Å². The number of nitrogens with one attached hydrogen (secondary N) is 2. The van der Waals surface area contributed by atoms with Crippen LogP contribution in [0.25, 0.3) is 0 Å². The van der Waals surface area contributed by atoms with E-state index in [1.165, 1.54) is 56.1 Å². The Morgan fingerprint density at radius 2 is 1.70 bits per heavy atom. The quantitative estimate of drug-likeness (QED) is 0.772. The van der Waals surface area contributed by atoms with Crippen molar-refractivity contribution in [1.82, 2.24) is 5.32 Å². The Morgan fingerprint density at radius 1 is 1.05 bits per heavy atom. The van der Waals surface area contributed by atoms with E-state index in [0.29, 0.717) is 6.04 Å². The highest BCUT2D eigenvalue weighted by molar-refractivity contribution is 7.80. The van der Waals surface area contributed by atoms with Crippen molar-refractivity contribution < 1.29 is 0 Å². The second kappa shape index (κ2) is 7.63. The summed E-state index contributed by atoms with van der Waals surface area (Å²) >= 11 is 5.47. The lowest BCUT2D eigenvalue weighted by Gasteiger charge is -2.23. The van der Waals surface area contributed by atoms with Gasteiger partial charge in [-0.3, -0.25) is 0 Å². The predicted octanol–water partition coefficient (Wildman–Crippen LogP) is 4.70. The summed E-state index contributed by atoms with van der Waals surface area (Å²) in [5.74, 6) is 0. The zero-order valence-electron chi connectivity index (χ0n) is 12.7. The first-order chi connectivity index (χ1) is 9.65. The van der Waals surface area contributed by atoms with Gasteiger partial charge < -0.3 is 10.6 Å². The van der Waals surface area contributed by atoms with E-state index < -0.39 is 0 Å². The average Bonchev–Trinajstić information content (AvgIpc) is 2.36. The van der Waals surface area contributed by atoms with Gasteiger partial charge in [0, 0.05) is 11.7 Å². The second-order valence-corrected chi connectivity index (χ2v) is 6.37. The van der Waals surface area contributed by atoms with Crippen LogP contribution in [-0.4, -0.2) is 11.2 Å². The van der Waals surface area contributed by atoms with Gasteiger partial charge in [0.15, 0.2) is 5.11 Å². The smallest absolute Gasteiger partial charge is 0.171 e. The van der Waals surface area contributed by atoms with E-state index in [9.17, 15) is 0 Å². The maximum absolute atomic E-state index is 5.47. The third-order valence-corrected chi connectivity index (χ3v) is 4.29. The van der Waals surface area contributed by atoms with Gasteiger partial charge in [0.05, 0.1) is 0 Å². The van der Waals surface area contributed by atoms with E-state index >= 15 is 0 Å². The minimum Gasteiger partial charge on any atom is -0.360 e. The molecule has 2 N–H and O–H groups in total. The van der Waals surface area contributed by atoms with Gasteiger partial charge >= 0.3 is 0 Å². The van der Waals surface area contributed by atoms with Crippen molar-refractivity contribution in [3.8, 4) is 0 Å². The fourth-order valence-corrected chi connectivity index (χ4v) is 3.17. The molecule has 0 unspecified atom stereocenters. The van der Waals surface area contributed by atoms with E-state index in [2.05, 4.69) is 42.7 Å². The molecule has 2 nitrogen and oxygen atoms in total. The van der Waals surface area contributed by atoms with Crippen molar-refractivity contribution in [3.63, 3.8) is 0 Å². The molecule has 0 saturated heterocycles. The molecule has 0 aromatic heterocycles. The Labute approximate surface area is 128 Å². The van der Waals surface area contributed by atoms with Crippen molar-refractivity contribution >= 4 is 23.0 Å². The first-order valence-corrected chi connectivity index (χ1v) is 8.21. The highest BCUT2D eigenvalue weighted by atomic mass is 32.1. The third kappa shape index (κ3) is 4.78. The zero-order valence-corrected chi connectivity index (χ0v) is 13.5. The van der Waals surface area contributed by atoms with Crippen LogP contribution in [0.15, 0.2) is 18.2 Å². The van der Waals surface area contributed by atoms with Crippen LogP contribution in [0.4, 0.5) is 5.69 Å². The summed E-state index contributed by atoms with van der Waals surface area (Å²) in [5, 5.41) is 7.60. The average molecular weight is 290 g/mol. The molecule has 1 aliphatic rings. The fraction of sp³-hybridized carbons (Fsp3) is 0.588. The van der Waals surface area contributed by atoms with Crippen molar-refractivity contribution in [3.05, 3.63) is 29.3 Å². The highest BCUT2D eigenvalue weighted by Crippen LogP contribution is 2.18. The van der Waals surface area contributed by atoms with Crippen molar-refractivity contribution in [1.29, 1.82) is 0 Å². The Morgan fingerprint density at radius 3 is 2.35 bits per heavy atom. The van der Waals surface area contributed by atoms with E-state index in [1.54, 1.807) is 0 Å². The van der Waals surface area contributed by atoms with Crippen LogP contribution in [0.1, 0.15) is 56.1 Å². The topological polar surface area (TPSA) is 24.1 Å². The molecular formula is C17H26N2S. The second-order valence-electron chi connectivity index (χ2n) is 5.96. The van der Waals surface area contributed by atoms with E-state index in [4.69, 9.17) is 12.2 Å². The molecule has 110 valence electrons. The molecular weight excluding hydrogens is 264 g/mol. The predicted molar refractivity (Wildman–Crippen MR) is 91.4 cm³/mol. The van der Waals surface area contributed by atoms with E-state index in [0.717, 1.165) is 10.8 Å². The molecule has 0 radical (unpaired) electrons. The zero-order chi connectivity index (χ0) is 14.4. The Hall–Kier alpha value is -1.09. The minimum absolute atomic E-state index is 0.543. The molecule has 1 saturated carbocycles. The largest absolute Gasteiger partial charge is 0.360 e. The number of thiocarbonyl (C=S) groups is 1. The van der Waals surface area contributed by atoms with Gasteiger partial charge in [0.1, 0.15) is 0 Å². The number of anilines is 1. The van der Waals surface area contributed by atoms with E-state index in [1.807, 2.05) is 0 Å². The normalized spacial score (nSPS) is 17.1. The van der Waals surface area contributed by atoms with Crippen LogP contribution >= 0.6 is 12.2 Å². The molecule has 0 atom stereocenters. The van der Waals surface area contributed by atoms with Crippen LogP contribution in [0.5, 0.6) is 0 Å². The van der Waals surface area contributed by atoms with Crippen molar-refractivity contribution in [2.75, 3.05) is 5.32 Å². The van der Waals surface area contributed by atoms with Crippen LogP contribution < -0.4 is 10.6 Å². The first kappa shape index (κ1) is 15.3. The lowest BCUT2D eigenvalue weighted by atomic mass is 9.97. The fourth-order valence-electron chi connectivity index (χ4n) is 2.90. The van der Waals surface area contributed by atoms with Crippen LogP contribution in [0, 0.1) is 13.8 Å². The molecule has 1 aromatic rings. The summed E-state index contributed by atoms with van der Waals surface area (Å²) in [7, 11) is 0. The van der Waals surface area contributed by atoms with Crippen LogP contribution in [0.2, 0.25) is 0 Å². The molecule has 0 spiro atoms. The molecule has 0 heterocycles. The molecule has 1 fully saturated rings. The molecule has 3 heteroatoms. The lowest BCUT2D eigenvalue weighted by molar-refractivity contribution is 0.430. The first-order valence-electron chi connectivity index (χ1n) is 7.80. The molecule has 20 heavy (non-hydrogen) atoms. The van der Waals surface area contributed by atoms with E-state index in [-0.39, 0.29) is 0 Å². The van der Waals surface area contributed by atoms with Gasteiger partial charge in [0.25, 0.3) is 0 Å². The summed E-state index contributed by atoms with van der Waals surface area (Å²) < 4.78 is 0. The molecule has 0 aliphatic heterocycles. The monoisotopic (exact) mass is 290 g/mol. The summed E-state index contributed by atoms with van der Waals surface area (Å²) in [6, 6.07) is 6.95. The Kier molecular flexibility index (Phi) is 5.84. The summed E-state index contributed by atoms with van der Waals surface area (Å²) in [5.41, 5.74) is 3.64. The summed E-state index contributed by atoms with van der Waals surface area (Å²) in [4.78, 5) is 0. The Bertz CT molecular complexity index is 448. The van der Waals surface area contributed by atoms with Gasteiger partial charge in [-0.05, 0) is 50.5 Å². The van der Waals surface area contributed by atoms with Gasteiger partial charge in [-0.2, -0.15) is 0 Å². The maximum Gasteiger partial charge on any atom is 0.171 e. The molecule has 2 rings (SSSR count). The van der Waals surface area contributed by atoms with Gasteiger partial charge in [-0.15, -0.1) is 0 Å². The maximum atomic E-state index is 5.47. The number of benzene rings is 1. The van der Waals surface area contributed by atoms with Gasteiger partial charge in [-0.1, -0.05) is 49.8 Å². The van der Waals surface area contributed by atoms with Gasteiger partial charge in [-0.25, -0.2) is 0 Å². The number of rotatable bonds is 2. The van der Waals surface area contributed by atoms with Crippen LogP contribution in [0.3, 0.4) is 0 Å². The third-order valence-electron chi connectivity index (χ3n) is 4.07. The lowest BCUT2D eigenvalue weighted by Crippen LogP contribution is -2.38. The van der Waals surface area contributed by atoms with Crippen molar-refractivity contribution in [2.45, 2.75) is 64.8 Å². The molecule has 1 aliphatic carbocycles. The Balaban J connectivity index is 1.87. The number of aryl methyl sites for hydroxylation is 2. The highest BCUT2D eigenvalue weighted by Gasteiger charge is 2.12. The number of hydrogen-bond donors (Lipinski definition) is 2. The standard InChI is InChI=1S/C17H26N2S/c1-13-10-11-16(14(2)12-13)19-17(20)18-15-8-6-4-3-5-7-9-15/h10-12,15H,3-9H2,1-2H3,(H2,18,19,20). The number of hydrogen-bond acceptors (Lipinski definition) is 1. The summed E-state index contributed by atoms with van der Waals surface area (Å²) in [6.07, 6.45) is 9.28. The summed E-state index contributed by atoms with van der Waals surface area (Å²) in [6.45, 7) is 4.23. The molecule has 0 amide bonds. The molecule has 0 bridgehead atoms. The van der Waals surface area contributed by atoms with Gasteiger partial charge in [0.2, 0.25) is 0 Å².